The molecule has 0 bridgehead atoms. The Balaban J connectivity index is 1.64. The van der Waals surface area contributed by atoms with E-state index in [1.54, 1.807) is 14.0 Å². The number of hydrogen-bond donors (Lipinski definition) is 0. The summed E-state index contributed by atoms with van der Waals surface area (Å²) in [7, 11) is 1.73. The molecule has 4 heteroatoms. The van der Waals surface area contributed by atoms with Crippen LogP contribution in [0.1, 0.15) is 25.3 Å². The minimum atomic E-state index is 0.218. The first-order valence-corrected chi connectivity index (χ1v) is 7.72. The Morgan fingerprint density at radius 1 is 1.24 bits per heavy atom. The molecule has 2 heterocycles. The van der Waals surface area contributed by atoms with Gasteiger partial charge in [-0.1, -0.05) is 18.2 Å². The third-order valence-corrected chi connectivity index (χ3v) is 4.99. The molecule has 2 aliphatic heterocycles. The molecule has 21 heavy (non-hydrogen) atoms. The first-order valence-electron chi connectivity index (χ1n) is 7.72. The third kappa shape index (κ3) is 2.91. The Hall–Kier alpha value is -1.55. The quantitative estimate of drug-likeness (QED) is 0.854. The monoisotopic (exact) mass is 288 g/mol. The van der Waals surface area contributed by atoms with Gasteiger partial charge in [-0.2, -0.15) is 0 Å². The van der Waals surface area contributed by atoms with Gasteiger partial charge < -0.3 is 9.64 Å². The number of ether oxygens (including phenoxy) is 1. The first-order chi connectivity index (χ1) is 10.1. The van der Waals surface area contributed by atoms with Crippen molar-refractivity contribution in [1.82, 2.24) is 9.80 Å². The Labute approximate surface area is 126 Å². The number of carbonyl (C=O) groups is 1. The van der Waals surface area contributed by atoms with E-state index in [1.165, 1.54) is 12.0 Å². The van der Waals surface area contributed by atoms with E-state index in [0.717, 1.165) is 44.9 Å². The molecule has 1 atom stereocenters. The fourth-order valence-electron chi connectivity index (χ4n) is 3.77. The average Bonchev–Trinajstić information content (AvgIpc) is 3.07. The Morgan fingerprint density at radius 2 is 2.00 bits per heavy atom. The van der Waals surface area contributed by atoms with Crippen LogP contribution in [0.3, 0.4) is 0 Å². The van der Waals surface area contributed by atoms with Gasteiger partial charge in [0.2, 0.25) is 5.91 Å². The lowest BCUT2D eigenvalue weighted by molar-refractivity contribution is -0.128. The second-order valence-electron chi connectivity index (χ2n) is 6.46. The van der Waals surface area contributed by atoms with Crippen LogP contribution < -0.4 is 4.74 Å². The molecule has 0 aliphatic carbocycles. The van der Waals surface area contributed by atoms with E-state index in [9.17, 15) is 4.79 Å². The van der Waals surface area contributed by atoms with Gasteiger partial charge in [-0.05, 0) is 25.5 Å². The minimum Gasteiger partial charge on any atom is -0.496 e. The van der Waals surface area contributed by atoms with Crippen LogP contribution in [0, 0.1) is 5.41 Å². The number of hydrogen-bond acceptors (Lipinski definition) is 3. The van der Waals surface area contributed by atoms with E-state index in [1.807, 2.05) is 17.0 Å². The number of para-hydroxylation sites is 1. The molecule has 2 fully saturated rings. The average molecular weight is 288 g/mol. The number of nitrogens with zero attached hydrogens (tertiary/aromatic N) is 2. The molecule has 0 aromatic heterocycles. The third-order valence-electron chi connectivity index (χ3n) is 4.99. The van der Waals surface area contributed by atoms with Crippen LogP contribution in [0.5, 0.6) is 5.75 Å². The maximum atomic E-state index is 11.5. The molecule has 1 spiro atoms. The van der Waals surface area contributed by atoms with Gasteiger partial charge in [0.1, 0.15) is 5.75 Å². The van der Waals surface area contributed by atoms with Crippen molar-refractivity contribution in [1.29, 1.82) is 0 Å². The summed E-state index contributed by atoms with van der Waals surface area (Å²) in [5, 5.41) is 0. The maximum absolute atomic E-state index is 11.5. The molecule has 0 N–H and O–H groups in total. The van der Waals surface area contributed by atoms with Crippen molar-refractivity contribution in [3.8, 4) is 5.75 Å². The molecule has 1 aromatic carbocycles. The van der Waals surface area contributed by atoms with Crippen LogP contribution >= 0.6 is 0 Å². The zero-order chi connectivity index (χ0) is 14.9. The largest absolute Gasteiger partial charge is 0.496 e. The fraction of sp³-hybridized carbons (Fsp3) is 0.588. The number of benzene rings is 1. The Bertz CT molecular complexity index is 531. The smallest absolute Gasteiger partial charge is 0.219 e. The van der Waals surface area contributed by atoms with Crippen LogP contribution in [0.15, 0.2) is 24.3 Å². The normalized spacial score (nSPS) is 25.7. The van der Waals surface area contributed by atoms with Crippen molar-refractivity contribution in [2.45, 2.75) is 26.3 Å². The van der Waals surface area contributed by atoms with E-state index in [4.69, 9.17) is 4.74 Å². The van der Waals surface area contributed by atoms with Gasteiger partial charge in [0.15, 0.2) is 0 Å². The highest BCUT2D eigenvalue weighted by Gasteiger charge is 2.43. The SMILES string of the molecule is COc1ccccc1CN1CC[C@]2(CCN(C(C)=O)C2)C1. The number of likely N-dealkylation sites (tertiary alicyclic amines) is 2. The molecule has 0 unspecified atom stereocenters. The molecular weight excluding hydrogens is 264 g/mol. The molecule has 2 aliphatic rings. The van der Waals surface area contributed by atoms with Gasteiger partial charge in [0.05, 0.1) is 7.11 Å². The summed E-state index contributed by atoms with van der Waals surface area (Å²) in [5.74, 6) is 1.19. The predicted octanol–water partition coefficient (Wildman–Crippen LogP) is 2.14. The zero-order valence-electron chi connectivity index (χ0n) is 13.0. The van der Waals surface area contributed by atoms with Gasteiger partial charge in [-0.25, -0.2) is 0 Å². The van der Waals surface area contributed by atoms with Crippen LogP contribution in [-0.2, 0) is 11.3 Å². The van der Waals surface area contributed by atoms with E-state index in [-0.39, 0.29) is 5.91 Å². The Kier molecular flexibility index (Phi) is 3.89. The number of carbonyl (C=O) groups excluding carboxylic acids is 1. The summed E-state index contributed by atoms with van der Waals surface area (Å²) in [5.41, 5.74) is 1.58. The summed E-state index contributed by atoms with van der Waals surface area (Å²) in [4.78, 5) is 16.0. The summed E-state index contributed by atoms with van der Waals surface area (Å²) in [6, 6.07) is 8.24. The molecule has 3 rings (SSSR count). The second-order valence-corrected chi connectivity index (χ2v) is 6.46. The van der Waals surface area contributed by atoms with Gasteiger partial charge in [0.25, 0.3) is 0 Å². The van der Waals surface area contributed by atoms with Crippen LogP contribution in [-0.4, -0.2) is 49.0 Å². The molecule has 2 saturated heterocycles. The summed E-state index contributed by atoms with van der Waals surface area (Å²) in [6.07, 6.45) is 2.35. The zero-order valence-corrected chi connectivity index (χ0v) is 13.0. The van der Waals surface area contributed by atoms with Crippen molar-refractivity contribution in [3.05, 3.63) is 29.8 Å². The molecule has 1 aromatic rings. The van der Waals surface area contributed by atoms with Crippen molar-refractivity contribution < 1.29 is 9.53 Å². The van der Waals surface area contributed by atoms with Crippen molar-refractivity contribution in [2.24, 2.45) is 5.41 Å². The summed E-state index contributed by atoms with van der Waals surface area (Å²) in [6.45, 7) is 6.69. The van der Waals surface area contributed by atoms with Crippen molar-refractivity contribution in [2.75, 3.05) is 33.3 Å². The lowest BCUT2D eigenvalue weighted by Crippen LogP contribution is -2.32. The van der Waals surface area contributed by atoms with Crippen LogP contribution in [0.2, 0.25) is 0 Å². The van der Waals surface area contributed by atoms with E-state index < -0.39 is 0 Å². The highest BCUT2D eigenvalue weighted by atomic mass is 16.5. The molecular formula is C17H24N2O2. The van der Waals surface area contributed by atoms with E-state index in [2.05, 4.69) is 17.0 Å². The first kappa shape index (κ1) is 14.4. The van der Waals surface area contributed by atoms with Crippen LogP contribution in [0.25, 0.3) is 0 Å². The summed E-state index contributed by atoms with van der Waals surface area (Å²) >= 11 is 0. The Morgan fingerprint density at radius 3 is 2.71 bits per heavy atom. The molecule has 4 nitrogen and oxygen atoms in total. The van der Waals surface area contributed by atoms with Gasteiger partial charge in [-0.3, -0.25) is 9.69 Å². The van der Waals surface area contributed by atoms with Gasteiger partial charge in [-0.15, -0.1) is 0 Å². The predicted molar refractivity (Wildman–Crippen MR) is 82.2 cm³/mol. The molecule has 0 saturated carbocycles. The number of amides is 1. The maximum Gasteiger partial charge on any atom is 0.219 e. The van der Waals surface area contributed by atoms with E-state index in [0.29, 0.717) is 5.41 Å². The lowest BCUT2D eigenvalue weighted by atomic mass is 9.86. The van der Waals surface area contributed by atoms with E-state index >= 15 is 0 Å². The highest BCUT2D eigenvalue weighted by molar-refractivity contribution is 5.73. The van der Waals surface area contributed by atoms with Gasteiger partial charge in [0, 0.05) is 44.1 Å². The highest BCUT2D eigenvalue weighted by Crippen LogP contribution is 2.40. The summed E-state index contributed by atoms with van der Waals surface area (Å²) < 4.78 is 5.44. The molecule has 114 valence electrons. The fourth-order valence-corrected chi connectivity index (χ4v) is 3.77. The van der Waals surface area contributed by atoms with Gasteiger partial charge >= 0.3 is 0 Å². The standard InChI is InChI=1S/C17H24N2O2/c1-14(20)19-10-8-17(13-19)7-9-18(12-17)11-15-5-3-4-6-16(15)21-2/h3-6H,7-13H2,1-2H3/t17-/m0/s1. The number of methoxy groups -OCH3 is 1. The molecule has 0 radical (unpaired) electrons. The number of rotatable bonds is 3. The second kappa shape index (κ2) is 5.68. The van der Waals surface area contributed by atoms with Crippen molar-refractivity contribution >= 4 is 5.91 Å². The van der Waals surface area contributed by atoms with Crippen LogP contribution in [0.4, 0.5) is 0 Å². The molecule has 1 amide bonds. The van der Waals surface area contributed by atoms with Crippen molar-refractivity contribution in [3.63, 3.8) is 0 Å². The lowest BCUT2D eigenvalue weighted by Gasteiger charge is -2.24. The topological polar surface area (TPSA) is 32.8 Å². The minimum absolute atomic E-state index is 0.218.